The average Bonchev–Trinajstić information content (AvgIpc) is 2.41. The van der Waals surface area contributed by atoms with Crippen LogP contribution in [-0.2, 0) is 4.79 Å². The molecule has 4 heteroatoms. The van der Waals surface area contributed by atoms with Crippen LogP contribution >= 0.6 is 11.8 Å². The van der Waals surface area contributed by atoms with Gasteiger partial charge < -0.3 is 10.6 Å². The molecule has 1 amide bonds. The Hall–Kier alpha value is -1.00. The Morgan fingerprint density at radius 2 is 2.11 bits per heavy atom. The van der Waals surface area contributed by atoms with E-state index in [0.29, 0.717) is 11.8 Å². The second-order valence-corrected chi connectivity index (χ2v) is 6.17. The number of carbonyl (C=O) groups is 1. The summed E-state index contributed by atoms with van der Waals surface area (Å²) in [5.74, 6) is 0.659. The monoisotopic (exact) mass is 278 g/mol. The van der Waals surface area contributed by atoms with Gasteiger partial charge in [0.25, 0.3) is 0 Å². The Morgan fingerprint density at radius 1 is 1.37 bits per heavy atom. The standard InChI is InChI=1S/C15H22N2OS/c1-11-3-4-12(2)14(9-11)19-10-15(18)17-13-5-7-16-8-6-13/h3-4,9,13,16H,5-8,10H2,1-2H3,(H,17,18). The number of nitrogens with one attached hydrogen (secondary N) is 2. The molecule has 104 valence electrons. The molecule has 0 aliphatic carbocycles. The van der Waals surface area contributed by atoms with Crippen molar-refractivity contribution in [3.8, 4) is 0 Å². The van der Waals surface area contributed by atoms with E-state index >= 15 is 0 Å². The van der Waals surface area contributed by atoms with Crippen LogP contribution in [0.15, 0.2) is 23.1 Å². The van der Waals surface area contributed by atoms with Crippen molar-refractivity contribution in [2.45, 2.75) is 37.6 Å². The molecule has 1 aromatic carbocycles. The number of aryl methyl sites for hydroxylation is 2. The maximum absolute atomic E-state index is 11.9. The summed E-state index contributed by atoms with van der Waals surface area (Å²) in [7, 11) is 0. The minimum absolute atomic E-state index is 0.151. The molecule has 1 heterocycles. The lowest BCUT2D eigenvalue weighted by molar-refractivity contribution is -0.119. The van der Waals surface area contributed by atoms with Crippen LogP contribution in [-0.4, -0.2) is 30.8 Å². The van der Waals surface area contributed by atoms with Crippen LogP contribution in [0, 0.1) is 13.8 Å². The maximum atomic E-state index is 11.9. The number of thioether (sulfide) groups is 1. The van der Waals surface area contributed by atoms with Gasteiger partial charge in [0, 0.05) is 10.9 Å². The van der Waals surface area contributed by atoms with Gasteiger partial charge in [-0.2, -0.15) is 0 Å². The lowest BCUT2D eigenvalue weighted by Gasteiger charge is -2.23. The van der Waals surface area contributed by atoms with E-state index in [1.54, 1.807) is 11.8 Å². The van der Waals surface area contributed by atoms with Crippen LogP contribution in [0.1, 0.15) is 24.0 Å². The number of hydrogen-bond donors (Lipinski definition) is 2. The van der Waals surface area contributed by atoms with E-state index < -0.39 is 0 Å². The normalized spacial score (nSPS) is 16.3. The predicted molar refractivity (Wildman–Crippen MR) is 80.7 cm³/mol. The molecule has 1 aromatic rings. The van der Waals surface area contributed by atoms with Gasteiger partial charge in [-0.3, -0.25) is 4.79 Å². The minimum atomic E-state index is 0.151. The summed E-state index contributed by atoms with van der Waals surface area (Å²) in [6.45, 7) is 6.19. The zero-order valence-electron chi connectivity index (χ0n) is 11.7. The Kier molecular flexibility index (Phi) is 5.28. The largest absolute Gasteiger partial charge is 0.353 e. The third-order valence-electron chi connectivity index (χ3n) is 3.41. The number of rotatable bonds is 4. The van der Waals surface area contributed by atoms with Crippen molar-refractivity contribution in [1.82, 2.24) is 10.6 Å². The predicted octanol–water partition coefficient (Wildman–Crippen LogP) is 2.26. The van der Waals surface area contributed by atoms with E-state index in [9.17, 15) is 4.79 Å². The van der Waals surface area contributed by atoms with Crippen molar-refractivity contribution in [2.75, 3.05) is 18.8 Å². The number of piperidine rings is 1. The van der Waals surface area contributed by atoms with Gasteiger partial charge in [0.05, 0.1) is 5.75 Å². The summed E-state index contributed by atoms with van der Waals surface area (Å²) in [4.78, 5) is 13.1. The van der Waals surface area contributed by atoms with Crippen molar-refractivity contribution in [1.29, 1.82) is 0 Å². The van der Waals surface area contributed by atoms with Gasteiger partial charge in [0.15, 0.2) is 0 Å². The summed E-state index contributed by atoms with van der Waals surface area (Å²) in [5.41, 5.74) is 2.48. The van der Waals surface area contributed by atoms with Crippen molar-refractivity contribution >= 4 is 17.7 Å². The number of hydrogen-bond acceptors (Lipinski definition) is 3. The van der Waals surface area contributed by atoms with E-state index in [-0.39, 0.29) is 5.91 Å². The third kappa shape index (κ3) is 4.55. The molecule has 0 atom stereocenters. The highest BCUT2D eigenvalue weighted by atomic mass is 32.2. The van der Waals surface area contributed by atoms with E-state index in [1.807, 2.05) is 0 Å². The van der Waals surface area contributed by atoms with Gasteiger partial charge in [-0.25, -0.2) is 0 Å². The third-order valence-corrected chi connectivity index (χ3v) is 4.56. The Labute approximate surface area is 119 Å². The SMILES string of the molecule is Cc1ccc(C)c(SCC(=O)NC2CCNCC2)c1. The molecular weight excluding hydrogens is 256 g/mol. The van der Waals surface area contributed by atoms with E-state index in [4.69, 9.17) is 0 Å². The first-order chi connectivity index (χ1) is 9.15. The van der Waals surface area contributed by atoms with E-state index in [0.717, 1.165) is 25.9 Å². The van der Waals surface area contributed by atoms with E-state index in [1.165, 1.54) is 16.0 Å². The number of carbonyl (C=O) groups excluding carboxylic acids is 1. The van der Waals surface area contributed by atoms with Gasteiger partial charge in [-0.05, 0) is 51.4 Å². The average molecular weight is 278 g/mol. The summed E-state index contributed by atoms with van der Waals surface area (Å²) >= 11 is 1.63. The summed E-state index contributed by atoms with van der Waals surface area (Å²) in [5, 5.41) is 6.43. The first-order valence-corrected chi connectivity index (χ1v) is 7.84. The van der Waals surface area contributed by atoms with Crippen LogP contribution in [0.5, 0.6) is 0 Å². The van der Waals surface area contributed by atoms with Gasteiger partial charge in [0.1, 0.15) is 0 Å². The van der Waals surface area contributed by atoms with Crippen molar-refractivity contribution < 1.29 is 4.79 Å². The zero-order chi connectivity index (χ0) is 13.7. The maximum Gasteiger partial charge on any atom is 0.230 e. The molecule has 0 aromatic heterocycles. The lowest BCUT2D eigenvalue weighted by atomic mass is 10.1. The quantitative estimate of drug-likeness (QED) is 0.830. The first kappa shape index (κ1) is 14.4. The summed E-state index contributed by atoms with van der Waals surface area (Å²) in [6, 6.07) is 6.72. The van der Waals surface area contributed by atoms with Crippen LogP contribution < -0.4 is 10.6 Å². The second kappa shape index (κ2) is 6.96. The second-order valence-electron chi connectivity index (χ2n) is 5.15. The molecule has 0 radical (unpaired) electrons. The molecule has 2 rings (SSSR count). The van der Waals surface area contributed by atoms with Gasteiger partial charge in [0.2, 0.25) is 5.91 Å². The lowest BCUT2D eigenvalue weighted by Crippen LogP contribution is -2.43. The molecule has 2 N–H and O–H groups in total. The van der Waals surface area contributed by atoms with Crippen LogP contribution in [0.25, 0.3) is 0 Å². The first-order valence-electron chi connectivity index (χ1n) is 6.85. The van der Waals surface area contributed by atoms with Gasteiger partial charge in [-0.1, -0.05) is 17.7 Å². The molecule has 1 saturated heterocycles. The fourth-order valence-electron chi connectivity index (χ4n) is 2.24. The summed E-state index contributed by atoms with van der Waals surface area (Å²) < 4.78 is 0. The number of amides is 1. The van der Waals surface area contributed by atoms with Crippen LogP contribution in [0.3, 0.4) is 0 Å². The minimum Gasteiger partial charge on any atom is -0.353 e. The smallest absolute Gasteiger partial charge is 0.230 e. The molecular formula is C15H22N2OS. The van der Waals surface area contributed by atoms with Crippen molar-refractivity contribution in [3.05, 3.63) is 29.3 Å². The Balaban J connectivity index is 1.81. The highest BCUT2D eigenvalue weighted by molar-refractivity contribution is 8.00. The highest BCUT2D eigenvalue weighted by Gasteiger charge is 2.15. The topological polar surface area (TPSA) is 41.1 Å². The molecule has 19 heavy (non-hydrogen) atoms. The Bertz CT molecular complexity index is 442. The summed E-state index contributed by atoms with van der Waals surface area (Å²) in [6.07, 6.45) is 2.08. The number of benzene rings is 1. The molecule has 0 saturated carbocycles. The molecule has 1 aliphatic rings. The highest BCUT2D eigenvalue weighted by Crippen LogP contribution is 2.23. The Morgan fingerprint density at radius 3 is 2.84 bits per heavy atom. The van der Waals surface area contributed by atoms with Gasteiger partial charge in [-0.15, -0.1) is 11.8 Å². The zero-order valence-corrected chi connectivity index (χ0v) is 12.5. The van der Waals surface area contributed by atoms with Crippen molar-refractivity contribution in [3.63, 3.8) is 0 Å². The van der Waals surface area contributed by atoms with Gasteiger partial charge >= 0.3 is 0 Å². The van der Waals surface area contributed by atoms with Crippen molar-refractivity contribution in [2.24, 2.45) is 0 Å². The molecule has 3 nitrogen and oxygen atoms in total. The molecule has 1 aliphatic heterocycles. The van der Waals surface area contributed by atoms with Crippen LogP contribution in [0.4, 0.5) is 0 Å². The van der Waals surface area contributed by atoms with Crippen LogP contribution in [0.2, 0.25) is 0 Å². The molecule has 0 bridgehead atoms. The van der Waals surface area contributed by atoms with E-state index in [2.05, 4.69) is 42.7 Å². The molecule has 0 unspecified atom stereocenters. The molecule has 1 fully saturated rings. The fraction of sp³-hybridized carbons (Fsp3) is 0.533. The molecule has 0 spiro atoms. The fourth-order valence-corrected chi connectivity index (χ4v) is 3.18.